The number of H-pyrrole nitrogens is 1. The van der Waals surface area contributed by atoms with Crippen LogP contribution in [0.4, 0.5) is 39.5 Å². The van der Waals surface area contributed by atoms with Crippen molar-refractivity contribution >= 4 is 68.1 Å². The molecule has 60 heavy (non-hydrogen) atoms. The normalized spacial score (nSPS) is 11.0. The van der Waals surface area contributed by atoms with Crippen molar-refractivity contribution in [3.8, 4) is 23.3 Å². The average molecular weight is 962 g/mol. The number of carbonyl (C=O) groups is 2. The maximum atomic E-state index is 12.5. The zero-order valence-electron chi connectivity index (χ0n) is 29.3. The summed E-state index contributed by atoms with van der Waals surface area (Å²) >= 11 is 19.3. The minimum atomic E-state index is -4.95. The number of esters is 1. The predicted molar refractivity (Wildman–Crippen MR) is 194 cm³/mol. The van der Waals surface area contributed by atoms with Crippen LogP contribution in [0.2, 0.25) is 5.15 Å². The summed E-state index contributed by atoms with van der Waals surface area (Å²) in [6.07, 6.45) is -6.95. The van der Waals surface area contributed by atoms with Crippen molar-refractivity contribution in [2.75, 3.05) is 6.61 Å². The summed E-state index contributed by atoms with van der Waals surface area (Å²) in [4.78, 5) is 66.3. The summed E-state index contributed by atoms with van der Waals surface area (Å²) < 4.78 is 123. The van der Waals surface area contributed by atoms with Crippen molar-refractivity contribution in [2.45, 2.75) is 31.9 Å². The summed E-state index contributed by atoms with van der Waals surface area (Å²) in [5, 5.41) is 3.36. The third-order valence-corrected chi connectivity index (χ3v) is 5.49. The van der Waals surface area contributed by atoms with Gasteiger partial charge in [-0.15, -0.1) is 0 Å². The van der Waals surface area contributed by atoms with Crippen LogP contribution in [0.25, 0.3) is 23.3 Å². The lowest BCUT2D eigenvalue weighted by Gasteiger charge is -2.07. The Balaban J connectivity index is 0.000000395. The zero-order valence-corrected chi connectivity index (χ0v) is 33.2. The van der Waals surface area contributed by atoms with E-state index in [-0.39, 0.29) is 46.7 Å². The Morgan fingerprint density at radius 3 is 1.58 bits per heavy atom. The van der Waals surface area contributed by atoms with Gasteiger partial charge >= 0.3 is 29.7 Å². The van der Waals surface area contributed by atoms with Gasteiger partial charge in [-0.05, 0) is 58.8 Å². The molecule has 0 radical (unpaired) electrons. The van der Waals surface area contributed by atoms with E-state index >= 15 is 0 Å². The Labute approximate surface area is 348 Å². The molecule has 0 atom stereocenters. The lowest BCUT2D eigenvalue weighted by Crippen LogP contribution is -2.26. The number of ether oxygens (including phenoxy) is 1. The third-order valence-electron chi connectivity index (χ3n) is 5.29. The number of alkyl halides is 9. The number of Topliss-reactive ketones (excluding diaryl/α,β-unsaturated/α-hetero) is 1. The van der Waals surface area contributed by atoms with Gasteiger partial charge in [0.1, 0.15) is 17.3 Å². The van der Waals surface area contributed by atoms with Crippen molar-refractivity contribution < 1.29 is 58.4 Å². The molecule has 0 aliphatic rings. The maximum Gasteiger partial charge on any atom is 0.450 e. The number of nitrogens with one attached hydrogen (secondary N) is 2. The quantitative estimate of drug-likeness (QED) is 0.0283. The van der Waals surface area contributed by atoms with Crippen LogP contribution >= 0.6 is 50.5 Å². The fraction of sp³-hybridized carbons (Fsp3) is 0.207. The van der Waals surface area contributed by atoms with Gasteiger partial charge in [0.2, 0.25) is 5.78 Å². The number of halogens is 13. The molecule has 0 unspecified atom stereocenters. The molecule has 17 nitrogen and oxygen atoms in total. The van der Waals surface area contributed by atoms with Gasteiger partial charge in [0.25, 0.3) is 5.56 Å². The molecule has 0 spiro atoms. The lowest BCUT2D eigenvalue weighted by atomic mass is 10.3. The van der Waals surface area contributed by atoms with Crippen LogP contribution in [0, 0.1) is 5.41 Å². The molecule has 5 aromatic heterocycles. The van der Waals surface area contributed by atoms with Gasteiger partial charge < -0.3 is 15.5 Å². The topological polar surface area (TPSA) is 259 Å². The van der Waals surface area contributed by atoms with Gasteiger partial charge in [0, 0.05) is 49.3 Å². The van der Waals surface area contributed by atoms with Crippen LogP contribution in [0.1, 0.15) is 30.6 Å². The molecule has 5 rings (SSSR count). The third kappa shape index (κ3) is 22.1. The molecular weight excluding hydrogens is 940 g/mol. The summed E-state index contributed by atoms with van der Waals surface area (Å²) in [6.45, 7) is 1.40. The van der Waals surface area contributed by atoms with Gasteiger partial charge in [-0.1, -0.05) is 11.6 Å². The number of rotatable bonds is 6. The van der Waals surface area contributed by atoms with E-state index in [2.05, 4.69) is 88.3 Å². The van der Waals surface area contributed by atoms with Gasteiger partial charge in [-0.25, -0.2) is 44.9 Å². The first-order chi connectivity index (χ1) is 27.6. The highest BCUT2D eigenvalue weighted by Gasteiger charge is 2.39. The van der Waals surface area contributed by atoms with Gasteiger partial charge in [0.15, 0.2) is 40.7 Å². The molecule has 5 aromatic rings. The summed E-state index contributed by atoms with van der Waals surface area (Å²) in [6, 6.07) is 5.72. The molecule has 0 bridgehead atoms. The molecule has 0 amide bonds. The minimum absolute atomic E-state index is 0.0134. The van der Waals surface area contributed by atoms with E-state index in [0.717, 1.165) is 0 Å². The highest BCUT2D eigenvalue weighted by atomic mass is 36.0. The molecule has 0 saturated heterocycles. The standard InChI is InChI=1S/C9H4ClF3N4.C9H5F3N4O.C6H7F3O3.C5H6N4.Cl3OP/c10-6-4-5(9(11,12)13)16-8(17-6)7-14-2-1-3-15-7;10-9(11,12)5-4-6(17)16-8(15-5)7-13-2-1-3-14-7;1-2-12-5(11)3-4(10)6(7,8)9;6-4(7)5-8-2-1-3-9-5;1-5(2,3)4/h1-4H;1-4H,(H,15,16,17);2-3H2,1H3;1-3H,(H3,6,7);. The van der Waals surface area contributed by atoms with Crippen molar-refractivity contribution in [3.63, 3.8) is 0 Å². The molecule has 324 valence electrons. The fourth-order valence-corrected chi connectivity index (χ4v) is 3.27. The van der Waals surface area contributed by atoms with E-state index in [1.165, 1.54) is 43.8 Å². The summed E-state index contributed by atoms with van der Waals surface area (Å²) in [5.74, 6) is -3.72. The molecule has 0 saturated carbocycles. The Kier molecular flexibility index (Phi) is 21.0. The predicted octanol–water partition coefficient (Wildman–Crippen LogP) is 7.49. The number of hydrogen-bond donors (Lipinski definition) is 3. The van der Waals surface area contributed by atoms with Gasteiger partial charge in [-0.3, -0.25) is 24.4 Å². The Morgan fingerprint density at radius 1 is 0.750 bits per heavy atom. The first-order valence-corrected chi connectivity index (χ1v) is 19.8. The number of amidine groups is 1. The second-order valence-corrected chi connectivity index (χ2v) is 16.8. The van der Waals surface area contributed by atoms with E-state index < -0.39 is 58.8 Å². The van der Waals surface area contributed by atoms with Crippen LogP contribution in [0.5, 0.6) is 0 Å². The number of nitrogens with zero attached hydrogens (tertiary/aromatic N) is 9. The van der Waals surface area contributed by atoms with E-state index in [1.54, 1.807) is 18.5 Å². The smallest absolute Gasteiger partial charge is 0.450 e. The van der Waals surface area contributed by atoms with E-state index in [1.807, 2.05) is 0 Å². The lowest BCUT2D eigenvalue weighted by molar-refractivity contribution is -0.174. The maximum absolute atomic E-state index is 12.5. The van der Waals surface area contributed by atoms with Crippen molar-refractivity contribution in [1.29, 1.82) is 5.41 Å². The molecule has 0 aromatic carbocycles. The number of ketones is 1. The van der Waals surface area contributed by atoms with Crippen LogP contribution < -0.4 is 11.3 Å². The summed E-state index contributed by atoms with van der Waals surface area (Å²) in [5.41, 5.74) is 1.77. The number of aromatic amines is 1. The molecule has 5 heterocycles. The molecule has 4 N–H and O–H groups in total. The average Bonchev–Trinajstić information content (AvgIpc) is 3.14. The van der Waals surface area contributed by atoms with Gasteiger partial charge in [0.05, 0.1) is 6.61 Å². The van der Waals surface area contributed by atoms with E-state index in [9.17, 15) is 58.5 Å². The highest BCUT2D eigenvalue weighted by Crippen LogP contribution is 2.61. The Morgan fingerprint density at radius 2 is 1.18 bits per heavy atom. The highest BCUT2D eigenvalue weighted by molar-refractivity contribution is 8.24. The zero-order chi connectivity index (χ0) is 45.9. The molecular formula is C29H22Cl4F9N12O5P. The van der Waals surface area contributed by atoms with Crippen molar-refractivity contribution in [1.82, 2.24) is 49.8 Å². The number of aromatic nitrogens is 10. The monoisotopic (exact) mass is 960 g/mol. The second-order valence-electron chi connectivity index (χ2n) is 9.81. The van der Waals surface area contributed by atoms with Crippen LogP contribution in [0.15, 0.2) is 72.3 Å². The first-order valence-electron chi connectivity index (χ1n) is 15.0. The van der Waals surface area contributed by atoms with E-state index in [4.69, 9.17) is 22.7 Å². The second kappa shape index (κ2) is 24.0. The largest absolute Gasteiger partial charge is 0.466 e. The Bertz CT molecular complexity index is 2250. The van der Waals surface area contributed by atoms with Crippen LogP contribution in [-0.2, 0) is 31.2 Å². The van der Waals surface area contributed by atoms with E-state index in [0.29, 0.717) is 12.1 Å². The number of nitrogens with two attached hydrogens (primary N) is 1. The van der Waals surface area contributed by atoms with Crippen molar-refractivity contribution in [3.05, 3.63) is 100 Å². The molecule has 0 aliphatic heterocycles. The minimum Gasteiger partial charge on any atom is -0.466 e. The first kappa shape index (κ1) is 52.6. The fourth-order valence-electron chi connectivity index (χ4n) is 3.09. The molecule has 31 heteroatoms. The van der Waals surface area contributed by atoms with Gasteiger partial charge in [-0.2, -0.15) is 39.5 Å². The van der Waals surface area contributed by atoms with Crippen molar-refractivity contribution in [2.24, 2.45) is 5.73 Å². The molecule has 0 fully saturated rings. The van der Waals surface area contributed by atoms with Crippen LogP contribution in [0.3, 0.4) is 0 Å². The Hall–Kier alpha value is -5.43. The SMILES string of the molecule is CCOC(=O)CC(=O)C(F)(F)F.FC(F)(F)c1cc(Cl)nc(-c2ncccn2)n1.N=C(N)c1ncccn1.O=P(Cl)(Cl)Cl.O=c1cc(C(F)(F)F)nc(-c2ncccn2)[nH]1. The number of hydrogen-bond acceptors (Lipinski definition) is 15. The number of nitrogen functional groups attached to an aromatic ring is 1. The van der Waals surface area contributed by atoms with Crippen LogP contribution in [-0.4, -0.2) is 80.2 Å². The summed E-state index contributed by atoms with van der Waals surface area (Å²) in [7, 11) is 0. The number of carbonyl (C=O) groups excluding carboxylic acids is 2. The molecule has 0 aliphatic carbocycles.